The zero-order valence-electron chi connectivity index (χ0n) is 17.5. The highest BCUT2D eigenvalue weighted by Gasteiger charge is 2.20. The fraction of sp³-hybridized carbons (Fsp3) is 0. The average molecular weight is 455 g/mol. The number of amides is 1. The number of aromatic carboxylic acids is 2. The van der Waals surface area contributed by atoms with Crippen LogP contribution in [0.3, 0.4) is 0 Å². The van der Waals surface area contributed by atoms with E-state index in [1.807, 2.05) is 6.07 Å². The van der Waals surface area contributed by atoms with Crippen molar-refractivity contribution in [3.8, 4) is 5.75 Å². The Balaban J connectivity index is 1.77. The van der Waals surface area contributed by atoms with Crippen LogP contribution in [0.5, 0.6) is 5.75 Å². The molecule has 0 fully saturated rings. The number of hydrogen-bond acceptors (Lipinski definition) is 6. The Morgan fingerprint density at radius 2 is 1.35 bits per heavy atom. The first-order valence-corrected chi connectivity index (χ1v) is 9.98. The summed E-state index contributed by atoms with van der Waals surface area (Å²) in [6, 6.07) is 20.5. The third-order valence-corrected chi connectivity index (χ3v) is 4.95. The van der Waals surface area contributed by atoms with Crippen molar-refractivity contribution in [3.05, 3.63) is 95.6 Å². The van der Waals surface area contributed by atoms with Crippen molar-refractivity contribution in [2.24, 2.45) is 10.2 Å². The molecule has 0 aliphatic rings. The number of azo groups is 1. The molecule has 0 aliphatic carbocycles. The van der Waals surface area contributed by atoms with E-state index in [1.54, 1.807) is 48.5 Å². The number of rotatable bonds is 6. The van der Waals surface area contributed by atoms with Crippen molar-refractivity contribution in [1.29, 1.82) is 0 Å². The molecule has 34 heavy (non-hydrogen) atoms. The van der Waals surface area contributed by atoms with E-state index < -0.39 is 23.6 Å². The van der Waals surface area contributed by atoms with Crippen LogP contribution in [0.2, 0.25) is 0 Å². The molecule has 9 heteroatoms. The molecule has 0 atom stereocenters. The maximum Gasteiger partial charge on any atom is 0.335 e. The van der Waals surface area contributed by atoms with Crippen LogP contribution < -0.4 is 5.32 Å². The Hall–Kier alpha value is -5.05. The van der Waals surface area contributed by atoms with E-state index in [0.717, 1.165) is 18.2 Å². The van der Waals surface area contributed by atoms with Crippen LogP contribution in [0.15, 0.2) is 89.1 Å². The number of carboxylic acids is 2. The summed E-state index contributed by atoms with van der Waals surface area (Å²) in [6.45, 7) is 0. The second-order valence-electron chi connectivity index (χ2n) is 7.24. The molecule has 168 valence electrons. The summed E-state index contributed by atoms with van der Waals surface area (Å²) >= 11 is 0. The number of fused-ring (bicyclic) bond motifs is 1. The van der Waals surface area contributed by atoms with Gasteiger partial charge in [0.2, 0.25) is 0 Å². The van der Waals surface area contributed by atoms with E-state index in [2.05, 4.69) is 15.5 Å². The summed E-state index contributed by atoms with van der Waals surface area (Å²) in [5.74, 6) is -3.91. The minimum Gasteiger partial charge on any atom is -0.505 e. The molecule has 4 rings (SSSR count). The van der Waals surface area contributed by atoms with Crippen LogP contribution in [0.25, 0.3) is 10.8 Å². The monoisotopic (exact) mass is 455 g/mol. The molecule has 0 radical (unpaired) electrons. The van der Waals surface area contributed by atoms with E-state index in [4.69, 9.17) is 0 Å². The molecule has 0 saturated carbocycles. The highest BCUT2D eigenvalue weighted by molar-refractivity contribution is 6.12. The van der Waals surface area contributed by atoms with Crippen LogP contribution in [0, 0.1) is 0 Å². The predicted octanol–water partition coefficient (Wildman–Crippen LogP) is 5.61. The summed E-state index contributed by atoms with van der Waals surface area (Å²) in [5.41, 5.74) is -0.184. The summed E-state index contributed by atoms with van der Waals surface area (Å²) < 4.78 is 0. The second kappa shape index (κ2) is 9.21. The molecule has 4 aromatic rings. The third kappa shape index (κ3) is 4.58. The lowest BCUT2D eigenvalue weighted by atomic mass is 10.0. The van der Waals surface area contributed by atoms with Gasteiger partial charge < -0.3 is 20.6 Å². The van der Waals surface area contributed by atoms with Crippen LogP contribution in [0.4, 0.5) is 17.1 Å². The van der Waals surface area contributed by atoms with Gasteiger partial charge in [-0.1, -0.05) is 42.5 Å². The first kappa shape index (κ1) is 22.2. The van der Waals surface area contributed by atoms with Crippen molar-refractivity contribution in [1.82, 2.24) is 0 Å². The van der Waals surface area contributed by atoms with Crippen LogP contribution in [0.1, 0.15) is 31.1 Å². The number of hydrogen-bond donors (Lipinski definition) is 4. The topological polar surface area (TPSA) is 149 Å². The smallest absolute Gasteiger partial charge is 0.335 e. The minimum absolute atomic E-state index is 0.0534. The van der Waals surface area contributed by atoms with E-state index in [0.29, 0.717) is 16.5 Å². The minimum atomic E-state index is -1.35. The van der Waals surface area contributed by atoms with Crippen molar-refractivity contribution in [2.75, 3.05) is 5.32 Å². The fourth-order valence-electron chi connectivity index (χ4n) is 3.34. The summed E-state index contributed by atoms with van der Waals surface area (Å²) in [6.07, 6.45) is 0. The van der Waals surface area contributed by atoms with Gasteiger partial charge in [-0.25, -0.2) is 9.59 Å². The van der Waals surface area contributed by atoms with E-state index in [9.17, 15) is 29.7 Å². The molecule has 4 N–H and O–H groups in total. The van der Waals surface area contributed by atoms with Gasteiger partial charge in [-0.15, -0.1) is 5.11 Å². The molecule has 0 aromatic heterocycles. The van der Waals surface area contributed by atoms with Crippen molar-refractivity contribution >= 4 is 45.7 Å². The SMILES string of the molecule is O=C(O)c1cc(NC(=O)c2cc3ccccc3c(N=Nc3ccccc3)c2O)cc(C(=O)O)c1. The van der Waals surface area contributed by atoms with Gasteiger partial charge in [-0.2, -0.15) is 5.11 Å². The number of benzene rings is 4. The summed E-state index contributed by atoms with van der Waals surface area (Å²) in [7, 11) is 0. The molecule has 0 unspecified atom stereocenters. The first-order valence-electron chi connectivity index (χ1n) is 9.98. The van der Waals surface area contributed by atoms with Gasteiger partial charge in [-0.05, 0) is 41.8 Å². The first-order chi connectivity index (χ1) is 16.3. The number of anilines is 1. The second-order valence-corrected chi connectivity index (χ2v) is 7.24. The number of nitrogens with one attached hydrogen (secondary N) is 1. The zero-order valence-corrected chi connectivity index (χ0v) is 17.5. The van der Waals surface area contributed by atoms with Gasteiger partial charge in [0.1, 0.15) is 5.69 Å². The number of phenols is 1. The number of nitrogens with zero attached hydrogens (tertiary/aromatic N) is 2. The predicted molar refractivity (Wildman–Crippen MR) is 125 cm³/mol. The highest BCUT2D eigenvalue weighted by atomic mass is 16.4. The summed E-state index contributed by atoms with van der Waals surface area (Å²) in [5, 5.41) is 41.3. The maximum atomic E-state index is 13.0. The number of phenolic OH excluding ortho intramolecular Hbond substituents is 1. The lowest BCUT2D eigenvalue weighted by Gasteiger charge is -2.12. The average Bonchev–Trinajstić information content (AvgIpc) is 2.83. The largest absolute Gasteiger partial charge is 0.505 e. The van der Waals surface area contributed by atoms with Gasteiger partial charge in [-0.3, -0.25) is 4.79 Å². The van der Waals surface area contributed by atoms with Gasteiger partial charge in [0.15, 0.2) is 5.75 Å². The fourth-order valence-corrected chi connectivity index (χ4v) is 3.34. The lowest BCUT2D eigenvalue weighted by molar-refractivity contribution is 0.0696. The molecule has 9 nitrogen and oxygen atoms in total. The number of carbonyl (C=O) groups excluding carboxylic acids is 1. The van der Waals surface area contributed by atoms with Crippen molar-refractivity contribution in [3.63, 3.8) is 0 Å². The Labute approximate surface area is 192 Å². The molecule has 0 spiro atoms. The summed E-state index contributed by atoms with van der Waals surface area (Å²) in [4.78, 5) is 35.7. The zero-order chi connectivity index (χ0) is 24.2. The Kier molecular flexibility index (Phi) is 6.00. The van der Waals surface area contributed by atoms with Gasteiger partial charge >= 0.3 is 11.9 Å². The van der Waals surface area contributed by atoms with Crippen LogP contribution in [-0.4, -0.2) is 33.2 Å². The Bertz CT molecular complexity index is 1430. The Morgan fingerprint density at radius 3 is 2.00 bits per heavy atom. The van der Waals surface area contributed by atoms with E-state index in [1.165, 1.54) is 6.07 Å². The highest BCUT2D eigenvalue weighted by Crippen LogP contribution is 2.39. The number of carboxylic acid groups (broad SMARTS) is 2. The van der Waals surface area contributed by atoms with Crippen molar-refractivity contribution < 1.29 is 29.7 Å². The molecule has 4 aromatic carbocycles. The molecular formula is C25H17N3O6. The van der Waals surface area contributed by atoms with Gasteiger partial charge in [0, 0.05) is 11.1 Å². The third-order valence-electron chi connectivity index (χ3n) is 4.95. The van der Waals surface area contributed by atoms with Gasteiger partial charge in [0.25, 0.3) is 5.91 Å². The number of aromatic hydroxyl groups is 1. The number of carbonyl (C=O) groups is 3. The molecule has 0 saturated heterocycles. The lowest BCUT2D eigenvalue weighted by Crippen LogP contribution is -2.14. The van der Waals surface area contributed by atoms with E-state index in [-0.39, 0.29) is 28.1 Å². The van der Waals surface area contributed by atoms with E-state index >= 15 is 0 Å². The standard InChI is InChI=1S/C25H17N3O6/c29-22-20(23(30)26-18-11-15(24(31)32)10-16(12-18)25(33)34)13-14-6-4-5-9-19(14)21(22)28-27-17-7-2-1-3-8-17/h1-13,29H,(H,26,30)(H,31,32)(H,33,34). The van der Waals surface area contributed by atoms with Crippen LogP contribution >= 0.6 is 0 Å². The maximum absolute atomic E-state index is 13.0. The molecule has 0 heterocycles. The normalized spacial score (nSPS) is 10.9. The molecule has 0 bridgehead atoms. The quantitative estimate of drug-likeness (QED) is 0.278. The van der Waals surface area contributed by atoms with Gasteiger partial charge in [0.05, 0.1) is 22.4 Å². The Morgan fingerprint density at radius 1 is 0.735 bits per heavy atom. The van der Waals surface area contributed by atoms with Crippen LogP contribution in [-0.2, 0) is 0 Å². The molecule has 1 amide bonds. The molecule has 0 aliphatic heterocycles. The van der Waals surface area contributed by atoms with Crippen molar-refractivity contribution in [2.45, 2.75) is 0 Å². The molecular weight excluding hydrogens is 438 g/mol.